The van der Waals surface area contributed by atoms with Crippen LogP contribution in [0, 0.1) is 0 Å². The van der Waals surface area contributed by atoms with Crippen LogP contribution in [-0.2, 0) is 0 Å². The summed E-state index contributed by atoms with van der Waals surface area (Å²) in [5.74, 6) is 0.953. The third-order valence-electron chi connectivity index (χ3n) is 2.76. The van der Waals surface area contributed by atoms with Crippen LogP contribution in [0.25, 0.3) is 0 Å². The van der Waals surface area contributed by atoms with E-state index < -0.39 is 0 Å². The molecule has 3 nitrogen and oxygen atoms in total. The van der Waals surface area contributed by atoms with Gasteiger partial charge in [0.15, 0.2) is 4.67 Å². The van der Waals surface area contributed by atoms with E-state index in [-0.39, 0.29) is 6.04 Å². The van der Waals surface area contributed by atoms with Crippen LogP contribution in [0.5, 0.6) is 0 Å². The molecule has 1 aliphatic rings. The molecule has 0 radical (unpaired) electrons. The molecule has 4 heteroatoms. The molecule has 1 aromatic heterocycles. The molecule has 0 aliphatic heterocycles. The van der Waals surface area contributed by atoms with Gasteiger partial charge in [-0.3, -0.25) is 4.90 Å². The van der Waals surface area contributed by atoms with Crippen molar-refractivity contribution in [3.8, 4) is 0 Å². The largest absolute Gasteiger partial charge is 0.453 e. The van der Waals surface area contributed by atoms with E-state index in [4.69, 9.17) is 10.2 Å². The van der Waals surface area contributed by atoms with Gasteiger partial charge in [0, 0.05) is 12.6 Å². The lowest BCUT2D eigenvalue weighted by Crippen LogP contribution is -2.31. The molecule has 1 aliphatic carbocycles. The number of halogens is 1. The van der Waals surface area contributed by atoms with Gasteiger partial charge in [-0.15, -0.1) is 0 Å². The number of hydrogen-bond donors (Lipinski definition) is 1. The summed E-state index contributed by atoms with van der Waals surface area (Å²) in [7, 11) is 2.12. The molecule has 0 bridgehead atoms. The molecule has 1 fully saturated rings. The van der Waals surface area contributed by atoms with Gasteiger partial charge in [0.2, 0.25) is 0 Å². The second kappa shape index (κ2) is 4.04. The van der Waals surface area contributed by atoms with Crippen LogP contribution < -0.4 is 5.73 Å². The molecule has 2 rings (SSSR count). The Morgan fingerprint density at radius 2 is 2.36 bits per heavy atom. The van der Waals surface area contributed by atoms with E-state index >= 15 is 0 Å². The van der Waals surface area contributed by atoms with Crippen LogP contribution in [-0.4, -0.2) is 24.5 Å². The fourth-order valence-corrected chi connectivity index (χ4v) is 2.05. The number of nitrogens with zero attached hydrogens (tertiary/aromatic N) is 1. The topological polar surface area (TPSA) is 42.4 Å². The van der Waals surface area contributed by atoms with Crippen molar-refractivity contribution in [2.75, 3.05) is 13.6 Å². The van der Waals surface area contributed by atoms with Gasteiger partial charge in [-0.05, 0) is 48.0 Å². The lowest BCUT2D eigenvalue weighted by atomic mass is 10.2. The highest BCUT2D eigenvalue weighted by molar-refractivity contribution is 9.10. The zero-order valence-corrected chi connectivity index (χ0v) is 9.83. The first-order valence-corrected chi connectivity index (χ1v) is 5.69. The smallest absolute Gasteiger partial charge is 0.169 e. The van der Waals surface area contributed by atoms with E-state index in [2.05, 4.69) is 27.9 Å². The van der Waals surface area contributed by atoms with Gasteiger partial charge >= 0.3 is 0 Å². The third kappa shape index (κ3) is 2.02. The van der Waals surface area contributed by atoms with Crippen LogP contribution in [0.3, 0.4) is 0 Å². The SMILES string of the molecule is CN(C1CC1)C(CN)c1ccc(Br)o1. The Morgan fingerprint density at radius 3 is 2.79 bits per heavy atom. The molecule has 0 amide bonds. The number of hydrogen-bond acceptors (Lipinski definition) is 3. The standard InChI is InChI=1S/C10H15BrN2O/c1-13(7-2-3-7)8(6-12)9-4-5-10(11)14-9/h4-5,7-8H,2-3,6,12H2,1H3. The minimum absolute atomic E-state index is 0.216. The van der Waals surface area contributed by atoms with Crippen molar-refractivity contribution in [2.24, 2.45) is 5.73 Å². The van der Waals surface area contributed by atoms with Crippen LogP contribution >= 0.6 is 15.9 Å². The summed E-state index contributed by atoms with van der Waals surface area (Å²) in [5, 5.41) is 0. The van der Waals surface area contributed by atoms with Gasteiger partial charge < -0.3 is 10.2 Å². The highest BCUT2D eigenvalue weighted by Crippen LogP contribution is 2.33. The number of nitrogens with two attached hydrogens (primary N) is 1. The van der Waals surface area contributed by atoms with E-state index in [0.717, 1.165) is 10.4 Å². The van der Waals surface area contributed by atoms with Gasteiger partial charge in [-0.2, -0.15) is 0 Å². The molecule has 1 heterocycles. The molecule has 14 heavy (non-hydrogen) atoms. The number of furan rings is 1. The molecule has 0 aromatic carbocycles. The summed E-state index contributed by atoms with van der Waals surface area (Å²) in [5.41, 5.74) is 5.76. The maximum absolute atomic E-state index is 5.76. The predicted octanol–water partition coefficient (Wildman–Crippen LogP) is 2.14. The Morgan fingerprint density at radius 1 is 1.64 bits per heavy atom. The van der Waals surface area contributed by atoms with Gasteiger partial charge in [0.1, 0.15) is 5.76 Å². The molecule has 78 valence electrons. The Balaban J connectivity index is 2.11. The van der Waals surface area contributed by atoms with Crippen LogP contribution in [0.15, 0.2) is 21.2 Å². The normalized spacial score (nSPS) is 18.9. The maximum Gasteiger partial charge on any atom is 0.169 e. The van der Waals surface area contributed by atoms with Crippen molar-refractivity contribution < 1.29 is 4.42 Å². The van der Waals surface area contributed by atoms with Crippen molar-refractivity contribution >= 4 is 15.9 Å². The summed E-state index contributed by atoms with van der Waals surface area (Å²) in [4.78, 5) is 2.31. The molecule has 0 spiro atoms. The van der Waals surface area contributed by atoms with E-state index in [1.807, 2.05) is 12.1 Å². The minimum Gasteiger partial charge on any atom is -0.453 e. The van der Waals surface area contributed by atoms with E-state index in [1.165, 1.54) is 12.8 Å². The highest BCUT2D eigenvalue weighted by atomic mass is 79.9. The Hall–Kier alpha value is -0.320. The van der Waals surface area contributed by atoms with Crippen molar-refractivity contribution in [2.45, 2.75) is 24.9 Å². The zero-order chi connectivity index (χ0) is 10.1. The molecule has 1 aromatic rings. The summed E-state index contributed by atoms with van der Waals surface area (Å²) in [6.45, 7) is 0.604. The minimum atomic E-state index is 0.216. The first kappa shape index (κ1) is 10.2. The van der Waals surface area contributed by atoms with Gasteiger partial charge in [-0.25, -0.2) is 0 Å². The lowest BCUT2D eigenvalue weighted by molar-refractivity contribution is 0.210. The first-order valence-electron chi connectivity index (χ1n) is 4.89. The average molecular weight is 259 g/mol. The summed E-state index contributed by atoms with van der Waals surface area (Å²) in [6, 6.07) is 4.82. The quantitative estimate of drug-likeness (QED) is 0.900. The van der Waals surface area contributed by atoms with E-state index in [1.54, 1.807) is 0 Å². The van der Waals surface area contributed by atoms with Crippen molar-refractivity contribution in [1.29, 1.82) is 0 Å². The van der Waals surface area contributed by atoms with Gasteiger partial charge in [0.05, 0.1) is 6.04 Å². The second-order valence-corrected chi connectivity index (χ2v) is 4.57. The zero-order valence-electron chi connectivity index (χ0n) is 8.24. The molecule has 2 N–H and O–H groups in total. The monoisotopic (exact) mass is 258 g/mol. The molecule has 1 atom stereocenters. The summed E-state index contributed by atoms with van der Waals surface area (Å²) >= 11 is 3.31. The van der Waals surface area contributed by atoms with Crippen molar-refractivity contribution in [3.05, 3.63) is 22.6 Å². The second-order valence-electron chi connectivity index (χ2n) is 3.79. The molecule has 0 saturated heterocycles. The molecule has 1 saturated carbocycles. The first-order chi connectivity index (χ1) is 6.72. The Bertz CT molecular complexity index is 309. The van der Waals surface area contributed by atoms with Crippen LogP contribution in [0.4, 0.5) is 0 Å². The Kier molecular flexibility index (Phi) is 2.95. The van der Waals surface area contributed by atoms with E-state index in [9.17, 15) is 0 Å². The molecular formula is C10H15BrN2O. The van der Waals surface area contributed by atoms with Crippen molar-refractivity contribution in [1.82, 2.24) is 4.90 Å². The number of rotatable bonds is 4. The third-order valence-corrected chi connectivity index (χ3v) is 3.19. The van der Waals surface area contributed by atoms with E-state index in [0.29, 0.717) is 12.6 Å². The maximum atomic E-state index is 5.76. The fourth-order valence-electron chi connectivity index (χ4n) is 1.73. The van der Waals surface area contributed by atoms with Crippen LogP contribution in [0.2, 0.25) is 0 Å². The molecule has 1 unspecified atom stereocenters. The van der Waals surface area contributed by atoms with Gasteiger partial charge in [-0.1, -0.05) is 0 Å². The fraction of sp³-hybridized carbons (Fsp3) is 0.600. The molecular weight excluding hydrogens is 244 g/mol. The van der Waals surface area contributed by atoms with Crippen molar-refractivity contribution in [3.63, 3.8) is 0 Å². The summed E-state index contributed by atoms with van der Waals surface area (Å²) in [6.07, 6.45) is 2.57. The Labute approximate surface area is 92.4 Å². The average Bonchev–Trinajstić information content (AvgIpc) is 2.92. The van der Waals surface area contributed by atoms with Crippen LogP contribution in [0.1, 0.15) is 24.6 Å². The predicted molar refractivity (Wildman–Crippen MR) is 59.0 cm³/mol. The number of likely N-dealkylation sites (N-methyl/N-ethyl adjacent to an activating group) is 1. The summed E-state index contributed by atoms with van der Waals surface area (Å²) < 4.78 is 6.30. The highest BCUT2D eigenvalue weighted by Gasteiger charge is 2.32. The lowest BCUT2D eigenvalue weighted by Gasteiger charge is -2.24. The van der Waals surface area contributed by atoms with Gasteiger partial charge in [0.25, 0.3) is 0 Å².